The van der Waals surface area contributed by atoms with Gasteiger partial charge in [0.2, 0.25) is 5.91 Å². The number of ether oxygens (including phenoxy) is 2. The molecule has 1 aromatic rings. The van der Waals surface area contributed by atoms with Crippen LogP contribution in [0.1, 0.15) is 31.1 Å². The summed E-state index contributed by atoms with van der Waals surface area (Å²) in [6, 6.07) is 4.04. The van der Waals surface area contributed by atoms with Crippen molar-refractivity contribution in [2.75, 3.05) is 32.9 Å². The van der Waals surface area contributed by atoms with Crippen molar-refractivity contribution in [3.05, 3.63) is 22.4 Å². The molecule has 0 bridgehead atoms. The van der Waals surface area contributed by atoms with Crippen LogP contribution in [0.25, 0.3) is 0 Å². The second-order valence-electron chi connectivity index (χ2n) is 6.32. The number of carbonyl (C=O) groups excluding carboxylic acids is 1. The summed E-state index contributed by atoms with van der Waals surface area (Å²) in [5, 5.41) is 2.03. The summed E-state index contributed by atoms with van der Waals surface area (Å²) in [5.41, 5.74) is -0.00236. The Morgan fingerprint density at radius 1 is 1.59 bits per heavy atom. The van der Waals surface area contributed by atoms with Crippen molar-refractivity contribution in [3.63, 3.8) is 0 Å². The first-order chi connectivity index (χ1) is 10.7. The number of hydrogen-bond donors (Lipinski definition) is 0. The summed E-state index contributed by atoms with van der Waals surface area (Å²) >= 11 is 1.65. The van der Waals surface area contributed by atoms with E-state index in [0.717, 1.165) is 50.4 Å². The van der Waals surface area contributed by atoms with Crippen LogP contribution in [0.2, 0.25) is 0 Å². The number of thiophene rings is 1. The molecule has 4 nitrogen and oxygen atoms in total. The molecule has 3 heterocycles. The molecule has 1 amide bonds. The first kappa shape index (κ1) is 16.0. The van der Waals surface area contributed by atoms with Gasteiger partial charge >= 0.3 is 0 Å². The molecule has 0 radical (unpaired) electrons. The topological polar surface area (TPSA) is 38.8 Å². The maximum Gasteiger partial charge on any atom is 0.227 e. The summed E-state index contributed by atoms with van der Waals surface area (Å²) < 4.78 is 11.8. The molecule has 2 atom stereocenters. The number of nitrogens with zero attached hydrogens (tertiary/aromatic N) is 1. The summed E-state index contributed by atoms with van der Waals surface area (Å²) in [7, 11) is 0. The zero-order chi connectivity index (χ0) is 15.4. The first-order valence-electron chi connectivity index (χ1n) is 8.23. The number of amides is 1. The maximum absolute atomic E-state index is 12.6. The van der Waals surface area contributed by atoms with Crippen LogP contribution in [0.15, 0.2) is 17.5 Å². The number of piperidine rings is 1. The number of hydrogen-bond acceptors (Lipinski definition) is 4. The van der Waals surface area contributed by atoms with E-state index in [1.165, 1.54) is 0 Å². The van der Waals surface area contributed by atoms with E-state index >= 15 is 0 Å². The van der Waals surface area contributed by atoms with Crippen LogP contribution >= 0.6 is 11.3 Å². The molecule has 3 rings (SSSR count). The quantitative estimate of drug-likeness (QED) is 0.836. The van der Waals surface area contributed by atoms with Crippen molar-refractivity contribution in [2.24, 2.45) is 5.41 Å². The van der Waals surface area contributed by atoms with Crippen LogP contribution in [-0.2, 0) is 20.7 Å². The molecule has 2 aliphatic heterocycles. The summed E-state index contributed by atoms with van der Waals surface area (Å²) in [5.74, 6) is 0.238. The molecule has 0 saturated carbocycles. The summed E-state index contributed by atoms with van der Waals surface area (Å²) in [6.45, 7) is 5.89. The molecule has 2 saturated heterocycles. The van der Waals surface area contributed by atoms with E-state index in [4.69, 9.17) is 9.47 Å². The first-order valence-corrected chi connectivity index (χ1v) is 9.11. The predicted octanol–water partition coefficient (Wildman–Crippen LogP) is 2.72. The van der Waals surface area contributed by atoms with Gasteiger partial charge in [0.05, 0.1) is 19.1 Å². The van der Waals surface area contributed by atoms with Gasteiger partial charge in [-0.15, -0.1) is 11.3 Å². The normalized spacial score (nSPS) is 28.4. The largest absolute Gasteiger partial charge is 0.381 e. The molecule has 5 heteroatoms. The predicted molar refractivity (Wildman–Crippen MR) is 87.1 cm³/mol. The van der Waals surface area contributed by atoms with E-state index < -0.39 is 0 Å². The van der Waals surface area contributed by atoms with Gasteiger partial charge in [-0.1, -0.05) is 6.07 Å². The fraction of sp³-hybridized carbons (Fsp3) is 0.706. The molecule has 0 unspecified atom stereocenters. The SMILES string of the molecule is CCOC[C@]12CCCO[C@H]1CCN(C(=O)Cc1cccs1)C2. The lowest BCUT2D eigenvalue weighted by Gasteiger charge is -2.50. The lowest BCUT2D eigenvalue weighted by Crippen LogP contribution is -2.58. The molecule has 22 heavy (non-hydrogen) atoms. The molecule has 0 aliphatic carbocycles. The Morgan fingerprint density at radius 3 is 3.27 bits per heavy atom. The Balaban J connectivity index is 1.68. The molecular formula is C17H25NO3S. The van der Waals surface area contributed by atoms with E-state index in [0.29, 0.717) is 13.0 Å². The van der Waals surface area contributed by atoms with Gasteiger partial charge in [-0.05, 0) is 37.6 Å². The van der Waals surface area contributed by atoms with Gasteiger partial charge in [0, 0.05) is 36.6 Å². The lowest BCUT2D eigenvalue weighted by molar-refractivity contribution is -0.163. The van der Waals surface area contributed by atoms with Crippen LogP contribution in [0.3, 0.4) is 0 Å². The van der Waals surface area contributed by atoms with Gasteiger partial charge in [-0.2, -0.15) is 0 Å². The van der Waals surface area contributed by atoms with Crippen LogP contribution in [0, 0.1) is 5.41 Å². The highest BCUT2D eigenvalue weighted by Crippen LogP contribution is 2.40. The van der Waals surface area contributed by atoms with Crippen molar-refractivity contribution in [1.29, 1.82) is 0 Å². The van der Waals surface area contributed by atoms with Crippen molar-refractivity contribution >= 4 is 17.2 Å². The number of fused-ring (bicyclic) bond motifs is 1. The van der Waals surface area contributed by atoms with E-state index in [2.05, 4.69) is 0 Å². The van der Waals surface area contributed by atoms with Gasteiger partial charge in [0.15, 0.2) is 0 Å². The molecule has 0 N–H and O–H groups in total. The highest BCUT2D eigenvalue weighted by atomic mass is 32.1. The third-order valence-corrected chi connectivity index (χ3v) is 5.72. The van der Waals surface area contributed by atoms with Crippen molar-refractivity contribution in [2.45, 2.75) is 38.7 Å². The molecule has 1 aromatic heterocycles. The Labute approximate surface area is 136 Å². The highest BCUT2D eigenvalue weighted by molar-refractivity contribution is 7.10. The van der Waals surface area contributed by atoms with Crippen LogP contribution in [0.4, 0.5) is 0 Å². The Morgan fingerprint density at radius 2 is 2.50 bits per heavy atom. The fourth-order valence-electron chi connectivity index (χ4n) is 3.69. The summed E-state index contributed by atoms with van der Waals surface area (Å²) in [6.07, 6.45) is 3.87. The van der Waals surface area contributed by atoms with Crippen molar-refractivity contribution in [3.8, 4) is 0 Å². The second-order valence-corrected chi connectivity index (χ2v) is 7.35. The average Bonchev–Trinajstić information content (AvgIpc) is 3.05. The molecule has 2 aliphatic rings. The standard InChI is InChI=1S/C17H25NO3S/c1-2-20-13-17-7-4-9-21-15(17)6-8-18(12-17)16(19)11-14-5-3-10-22-14/h3,5,10,15H,2,4,6-9,11-13H2,1H3/t15-,17+/m0/s1. The molecule has 122 valence electrons. The minimum Gasteiger partial charge on any atom is -0.381 e. The van der Waals surface area contributed by atoms with Crippen molar-refractivity contribution < 1.29 is 14.3 Å². The smallest absolute Gasteiger partial charge is 0.227 e. The average molecular weight is 323 g/mol. The number of rotatable bonds is 5. The zero-order valence-electron chi connectivity index (χ0n) is 13.3. The maximum atomic E-state index is 12.6. The van der Waals surface area contributed by atoms with E-state index in [-0.39, 0.29) is 17.4 Å². The number of likely N-dealkylation sites (tertiary alicyclic amines) is 1. The van der Waals surface area contributed by atoms with Gasteiger partial charge in [-0.25, -0.2) is 0 Å². The third-order valence-electron chi connectivity index (χ3n) is 4.84. The van der Waals surface area contributed by atoms with E-state index in [1.54, 1.807) is 11.3 Å². The second kappa shape index (κ2) is 7.11. The number of carbonyl (C=O) groups is 1. The van der Waals surface area contributed by atoms with Gasteiger partial charge in [0.25, 0.3) is 0 Å². The Kier molecular flexibility index (Phi) is 5.16. The third kappa shape index (κ3) is 3.36. The monoisotopic (exact) mass is 323 g/mol. The minimum atomic E-state index is -0.00236. The Hall–Kier alpha value is -0.910. The molecule has 0 spiro atoms. The fourth-order valence-corrected chi connectivity index (χ4v) is 4.39. The molecular weight excluding hydrogens is 298 g/mol. The zero-order valence-corrected chi connectivity index (χ0v) is 14.1. The molecule has 2 fully saturated rings. The van der Waals surface area contributed by atoms with Crippen LogP contribution < -0.4 is 0 Å². The van der Waals surface area contributed by atoms with E-state index in [9.17, 15) is 4.79 Å². The van der Waals surface area contributed by atoms with Crippen LogP contribution in [0.5, 0.6) is 0 Å². The summed E-state index contributed by atoms with van der Waals surface area (Å²) in [4.78, 5) is 15.8. The lowest BCUT2D eigenvalue weighted by atomic mass is 9.73. The van der Waals surface area contributed by atoms with E-state index in [1.807, 2.05) is 29.3 Å². The van der Waals surface area contributed by atoms with Gasteiger partial charge in [-0.3, -0.25) is 4.79 Å². The van der Waals surface area contributed by atoms with Gasteiger partial charge < -0.3 is 14.4 Å². The van der Waals surface area contributed by atoms with Gasteiger partial charge in [0.1, 0.15) is 0 Å². The van der Waals surface area contributed by atoms with Crippen LogP contribution in [-0.4, -0.2) is 49.8 Å². The molecule has 0 aromatic carbocycles. The highest BCUT2D eigenvalue weighted by Gasteiger charge is 2.47. The minimum absolute atomic E-state index is 0.00236. The Bertz CT molecular complexity index is 490. The van der Waals surface area contributed by atoms with Crippen molar-refractivity contribution in [1.82, 2.24) is 4.90 Å².